The summed E-state index contributed by atoms with van der Waals surface area (Å²) in [6.45, 7) is 2.05. The molecule has 0 aromatic rings. The van der Waals surface area contributed by atoms with Gasteiger partial charge in [0.1, 0.15) is 0 Å². The normalized spacial score (nSPS) is 15.8. The average Bonchev–Trinajstić information content (AvgIpc) is 0.811. The fourth-order valence-corrected chi connectivity index (χ4v) is 0. The molecule has 0 aliphatic rings. The van der Waals surface area contributed by atoms with Crippen molar-refractivity contribution in [1.82, 2.24) is 0 Å². The van der Waals surface area contributed by atoms with Gasteiger partial charge in [0.25, 0.3) is 0 Å². The molecular weight excluding hydrogens is 135 g/mol. The molecule has 0 aromatic carbocycles. The zero-order chi connectivity index (χ0) is 3.58. The Kier molecular flexibility index (Phi) is 2.66. The van der Waals surface area contributed by atoms with E-state index in [0.29, 0.717) is 4.57 Å². The molecule has 2 heteroatoms. The van der Waals surface area contributed by atoms with Crippen molar-refractivity contribution in [2.24, 2.45) is 0 Å². The van der Waals surface area contributed by atoms with Gasteiger partial charge in [-0.1, -0.05) is 15.9 Å². The molecule has 0 amide bonds. The topological polar surface area (TPSA) is 0 Å². The van der Waals surface area contributed by atoms with Gasteiger partial charge < -0.3 is 0 Å². The third-order valence-electron chi connectivity index (χ3n) is 0. The van der Waals surface area contributed by atoms with Gasteiger partial charge in [0.2, 0.25) is 0 Å². The highest BCUT2D eigenvalue weighted by Crippen LogP contribution is 2.03. The van der Waals surface area contributed by atoms with Crippen LogP contribution in [0, 0.1) is 0 Å². The van der Waals surface area contributed by atoms with E-state index in [0.717, 1.165) is 0 Å². The van der Waals surface area contributed by atoms with Gasteiger partial charge in [0.05, 0.1) is 0 Å². The number of halogens is 1. The predicted octanol–water partition coefficient (Wildman–Crippen LogP) is 1.60. The summed E-state index contributed by atoms with van der Waals surface area (Å²) in [5.74, 6) is 0. The van der Waals surface area contributed by atoms with Crippen LogP contribution in [0.25, 0.3) is 0 Å². The molecule has 2 unspecified atom stereocenters. The molecule has 0 saturated carbocycles. The Morgan fingerprint density at radius 1 is 2.00 bits per heavy atom. The summed E-state index contributed by atoms with van der Waals surface area (Å²) in [6, 6.07) is 0. The van der Waals surface area contributed by atoms with Crippen molar-refractivity contribution in [1.29, 1.82) is 0 Å². The van der Waals surface area contributed by atoms with Gasteiger partial charge in [-0.3, -0.25) is 0 Å². The van der Waals surface area contributed by atoms with Gasteiger partial charge in [0.15, 0.2) is 0 Å². The predicted molar refractivity (Wildman–Crippen MR) is 28.1 cm³/mol. The van der Waals surface area contributed by atoms with Crippen LogP contribution in [0.2, 0.25) is 0 Å². The molecule has 2 atom stereocenters. The molecule has 0 aliphatic carbocycles. The third kappa shape index (κ3) is 12.8. The van der Waals surface area contributed by atoms with E-state index in [1.54, 1.807) is 0 Å². The van der Waals surface area contributed by atoms with E-state index in [9.17, 15) is 0 Å². The van der Waals surface area contributed by atoms with Crippen LogP contribution in [-0.2, 0) is 0 Å². The highest BCUT2D eigenvalue weighted by Gasteiger charge is 1.70. The summed E-state index contributed by atoms with van der Waals surface area (Å²) in [4.78, 5) is 0. The summed E-state index contributed by atoms with van der Waals surface area (Å²) in [5, 5.41) is 0. The second-order valence-electron chi connectivity index (χ2n) is 0.678. The van der Waals surface area contributed by atoms with Crippen LogP contribution < -0.4 is 0 Å². The maximum atomic E-state index is 3.23. The lowest BCUT2D eigenvalue weighted by Crippen LogP contribution is -1.60. The van der Waals surface area contributed by atoms with E-state index >= 15 is 0 Å². The van der Waals surface area contributed by atoms with E-state index in [4.69, 9.17) is 0 Å². The zero-order valence-corrected chi connectivity index (χ0v) is 5.27. The smallest absolute Gasteiger partial charge is 0.0260 e. The zero-order valence-electron chi connectivity index (χ0n) is 2.53. The van der Waals surface area contributed by atoms with E-state index < -0.39 is 0 Å². The summed E-state index contributed by atoms with van der Waals surface area (Å²) in [5.41, 5.74) is 0. The SMILES string of the molecule is CC(P)Br. The molecule has 0 aromatic heterocycles. The van der Waals surface area contributed by atoms with Crippen molar-refractivity contribution >= 4 is 25.2 Å². The second-order valence-corrected chi connectivity index (χ2v) is 4.10. The number of hydrogen-bond acceptors (Lipinski definition) is 0. The Morgan fingerprint density at radius 3 is 2.00 bits per heavy atom. The minimum atomic E-state index is 0.562. The quantitative estimate of drug-likeness (QED) is 0.355. The van der Waals surface area contributed by atoms with Crippen molar-refractivity contribution in [2.45, 2.75) is 11.5 Å². The summed E-state index contributed by atoms with van der Waals surface area (Å²) < 4.78 is 0.562. The standard InChI is InChI=1S/C2H6BrP/c1-2(3)4/h2H,4H2,1H3. The Morgan fingerprint density at radius 2 is 2.00 bits per heavy atom. The van der Waals surface area contributed by atoms with Crippen molar-refractivity contribution in [3.8, 4) is 0 Å². The van der Waals surface area contributed by atoms with Crippen molar-refractivity contribution in [3.05, 3.63) is 0 Å². The lowest BCUT2D eigenvalue weighted by Gasteiger charge is -1.76. The molecule has 0 aliphatic heterocycles. The Balaban J connectivity index is 2.32. The van der Waals surface area contributed by atoms with Crippen molar-refractivity contribution in [3.63, 3.8) is 0 Å². The third-order valence-corrected chi connectivity index (χ3v) is 0. The van der Waals surface area contributed by atoms with Crippen LogP contribution in [0.4, 0.5) is 0 Å². The lowest BCUT2D eigenvalue weighted by molar-refractivity contribution is 1.46. The van der Waals surface area contributed by atoms with E-state index in [1.165, 1.54) is 0 Å². The molecule has 0 nitrogen and oxygen atoms in total. The fraction of sp³-hybridized carbons (Fsp3) is 1.00. The van der Waals surface area contributed by atoms with Crippen LogP contribution >= 0.6 is 25.2 Å². The first-order chi connectivity index (χ1) is 1.73. The summed E-state index contributed by atoms with van der Waals surface area (Å²) in [7, 11) is 2.57. The molecule has 0 N–H and O–H groups in total. The van der Waals surface area contributed by atoms with Gasteiger partial charge in [0, 0.05) is 4.57 Å². The number of rotatable bonds is 0. The first-order valence-electron chi connectivity index (χ1n) is 1.13. The van der Waals surface area contributed by atoms with E-state index in [1.807, 2.05) is 6.92 Å². The van der Waals surface area contributed by atoms with Crippen molar-refractivity contribution in [2.75, 3.05) is 0 Å². The van der Waals surface area contributed by atoms with Crippen LogP contribution in [0.15, 0.2) is 0 Å². The maximum absolute atomic E-state index is 3.23. The Labute approximate surface area is 37.3 Å². The largest absolute Gasteiger partial charge is 0.123 e. The first kappa shape index (κ1) is 4.91. The van der Waals surface area contributed by atoms with Gasteiger partial charge in [-0.2, -0.15) is 0 Å². The van der Waals surface area contributed by atoms with Gasteiger partial charge in [-0.05, 0) is 6.92 Å². The molecule has 0 heterocycles. The summed E-state index contributed by atoms with van der Waals surface area (Å²) in [6.07, 6.45) is 0. The van der Waals surface area contributed by atoms with E-state index in [-0.39, 0.29) is 0 Å². The summed E-state index contributed by atoms with van der Waals surface area (Å²) >= 11 is 3.23. The van der Waals surface area contributed by atoms with Gasteiger partial charge in [-0.25, -0.2) is 0 Å². The molecule has 0 saturated heterocycles. The lowest BCUT2D eigenvalue weighted by atomic mass is 11.0. The molecule has 0 spiro atoms. The molecule has 0 radical (unpaired) electrons. The highest BCUT2D eigenvalue weighted by molar-refractivity contribution is 9.10. The van der Waals surface area contributed by atoms with E-state index in [2.05, 4.69) is 25.2 Å². The Hall–Kier alpha value is 0.910. The maximum Gasteiger partial charge on any atom is 0.0260 e. The fourth-order valence-electron chi connectivity index (χ4n) is 0. The monoisotopic (exact) mass is 140 g/mol. The van der Waals surface area contributed by atoms with Gasteiger partial charge in [-0.15, -0.1) is 9.24 Å². The molecule has 0 rings (SSSR count). The minimum absolute atomic E-state index is 0.562. The second kappa shape index (κ2) is 2.17. The van der Waals surface area contributed by atoms with Crippen LogP contribution in [0.5, 0.6) is 0 Å². The van der Waals surface area contributed by atoms with Gasteiger partial charge >= 0.3 is 0 Å². The van der Waals surface area contributed by atoms with Crippen molar-refractivity contribution < 1.29 is 0 Å². The minimum Gasteiger partial charge on any atom is -0.123 e. The molecular formula is C2H6BrP. The molecule has 0 fully saturated rings. The van der Waals surface area contributed by atoms with Crippen LogP contribution in [0.1, 0.15) is 6.92 Å². The highest BCUT2D eigenvalue weighted by atomic mass is 79.9. The first-order valence-corrected chi connectivity index (χ1v) is 2.71. The Bertz CT molecular complexity index is 10.8. The molecule has 26 valence electrons. The number of hydrogen-bond donors (Lipinski definition) is 0. The average molecular weight is 141 g/mol. The number of alkyl halides is 1. The van der Waals surface area contributed by atoms with Crippen LogP contribution in [0.3, 0.4) is 0 Å². The van der Waals surface area contributed by atoms with Crippen LogP contribution in [-0.4, -0.2) is 4.57 Å². The molecule has 4 heavy (non-hydrogen) atoms. The molecule has 0 bridgehead atoms.